The lowest BCUT2D eigenvalue weighted by atomic mass is 10.2. The SMILES string of the molecule is Cc1cc(O)ccc1NS(=O)(=O)N1CCCC1. The highest BCUT2D eigenvalue weighted by Gasteiger charge is 2.25. The smallest absolute Gasteiger partial charge is 0.301 e. The molecule has 6 heteroatoms. The Morgan fingerprint density at radius 2 is 1.94 bits per heavy atom. The van der Waals surface area contributed by atoms with E-state index in [1.54, 1.807) is 13.0 Å². The zero-order chi connectivity index (χ0) is 12.5. The van der Waals surface area contributed by atoms with Crippen LogP contribution in [0.1, 0.15) is 18.4 Å². The van der Waals surface area contributed by atoms with E-state index in [2.05, 4.69) is 4.72 Å². The Morgan fingerprint density at radius 1 is 1.29 bits per heavy atom. The fraction of sp³-hybridized carbons (Fsp3) is 0.455. The fourth-order valence-corrected chi connectivity index (χ4v) is 3.27. The van der Waals surface area contributed by atoms with Crippen molar-refractivity contribution >= 4 is 15.9 Å². The van der Waals surface area contributed by atoms with Gasteiger partial charge in [0.25, 0.3) is 0 Å². The molecule has 0 spiro atoms. The summed E-state index contributed by atoms with van der Waals surface area (Å²) in [5.74, 6) is 0.131. The molecule has 0 aromatic heterocycles. The van der Waals surface area contributed by atoms with Gasteiger partial charge in [-0.25, -0.2) is 0 Å². The Kier molecular flexibility index (Phi) is 3.26. The van der Waals surface area contributed by atoms with Crippen LogP contribution in [0.15, 0.2) is 18.2 Å². The molecule has 1 aliphatic rings. The van der Waals surface area contributed by atoms with Gasteiger partial charge in [-0.1, -0.05) is 0 Å². The first kappa shape index (κ1) is 12.2. The number of rotatable bonds is 3. The first-order valence-corrected chi connectivity index (χ1v) is 7.00. The third-order valence-electron chi connectivity index (χ3n) is 2.85. The molecule has 1 heterocycles. The van der Waals surface area contributed by atoms with Gasteiger partial charge in [-0.05, 0) is 43.5 Å². The van der Waals surface area contributed by atoms with E-state index in [1.165, 1.54) is 16.4 Å². The highest BCUT2D eigenvalue weighted by Crippen LogP contribution is 2.23. The Labute approximate surface area is 101 Å². The van der Waals surface area contributed by atoms with Gasteiger partial charge in [-0.2, -0.15) is 12.7 Å². The van der Waals surface area contributed by atoms with Crippen LogP contribution in [0.2, 0.25) is 0 Å². The van der Waals surface area contributed by atoms with Crippen molar-refractivity contribution in [2.24, 2.45) is 0 Å². The standard InChI is InChI=1S/C11H16N2O3S/c1-9-8-10(14)4-5-11(9)12-17(15,16)13-6-2-3-7-13/h4-5,8,12,14H,2-3,6-7H2,1H3. The largest absolute Gasteiger partial charge is 0.508 e. The van der Waals surface area contributed by atoms with Crippen LogP contribution in [0.25, 0.3) is 0 Å². The third-order valence-corrected chi connectivity index (χ3v) is 4.38. The first-order valence-electron chi connectivity index (χ1n) is 5.56. The van der Waals surface area contributed by atoms with Gasteiger partial charge in [-0.15, -0.1) is 0 Å². The summed E-state index contributed by atoms with van der Waals surface area (Å²) in [5.41, 5.74) is 1.21. The van der Waals surface area contributed by atoms with Gasteiger partial charge in [0.2, 0.25) is 0 Å². The van der Waals surface area contributed by atoms with Gasteiger partial charge in [0.05, 0.1) is 5.69 Å². The van der Waals surface area contributed by atoms with E-state index >= 15 is 0 Å². The first-order chi connectivity index (χ1) is 7.99. The molecule has 0 amide bonds. The summed E-state index contributed by atoms with van der Waals surface area (Å²) in [6.45, 7) is 2.90. The van der Waals surface area contributed by atoms with Gasteiger partial charge in [-0.3, -0.25) is 4.72 Å². The number of aromatic hydroxyl groups is 1. The van der Waals surface area contributed by atoms with Crippen molar-refractivity contribution in [1.29, 1.82) is 0 Å². The Morgan fingerprint density at radius 3 is 2.53 bits per heavy atom. The number of phenols is 1. The zero-order valence-electron chi connectivity index (χ0n) is 9.68. The summed E-state index contributed by atoms with van der Waals surface area (Å²) >= 11 is 0. The van der Waals surface area contributed by atoms with E-state index in [4.69, 9.17) is 0 Å². The van der Waals surface area contributed by atoms with Gasteiger partial charge in [0, 0.05) is 13.1 Å². The number of hydrogen-bond acceptors (Lipinski definition) is 3. The Hall–Kier alpha value is -1.27. The minimum atomic E-state index is -3.45. The molecule has 1 aliphatic heterocycles. The molecule has 2 N–H and O–H groups in total. The second kappa shape index (κ2) is 4.54. The normalized spacial score (nSPS) is 17.2. The van der Waals surface area contributed by atoms with E-state index < -0.39 is 10.2 Å². The maximum absolute atomic E-state index is 12.0. The summed E-state index contributed by atoms with van der Waals surface area (Å²) in [5, 5.41) is 9.26. The number of nitrogens with zero attached hydrogens (tertiary/aromatic N) is 1. The summed E-state index contributed by atoms with van der Waals surface area (Å²) in [7, 11) is -3.45. The van der Waals surface area contributed by atoms with Crippen molar-refractivity contribution in [2.45, 2.75) is 19.8 Å². The Bertz CT molecular complexity index is 507. The fourth-order valence-electron chi connectivity index (χ4n) is 1.89. The minimum Gasteiger partial charge on any atom is -0.508 e. The second-order valence-electron chi connectivity index (χ2n) is 4.21. The molecular weight excluding hydrogens is 240 g/mol. The third kappa shape index (κ3) is 2.70. The molecule has 1 fully saturated rings. The molecule has 2 rings (SSSR count). The van der Waals surface area contributed by atoms with E-state index in [1.807, 2.05) is 0 Å². The summed E-state index contributed by atoms with van der Waals surface area (Å²) in [4.78, 5) is 0. The van der Waals surface area contributed by atoms with Crippen LogP contribution in [-0.2, 0) is 10.2 Å². The van der Waals surface area contributed by atoms with Gasteiger partial charge < -0.3 is 5.11 Å². The molecule has 0 unspecified atom stereocenters. The molecule has 5 nitrogen and oxygen atoms in total. The average Bonchev–Trinajstić information content (AvgIpc) is 2.76. The molecule has 0 atom stereocenters. The van der Waals surface area contributed by atoms with Crippen molar-refractivity contribution in [2.75, 3.05) is 17.8 Å². The van der Waals surface area contributed by atoms with Gasteiger partial charge in [0.1, 0.15) is 5.75 Å². The summed E-state index contributed by atoms with van der Waals surface area (Å²) in [6, 6.07) is 4.56. The predicted octanol–water partition coefficient (Wildman–Crippen LogP) is 1.45. The monoisotopic (exact) mass is 256 g/mol. The van der Waals surface area contributed by atoms with Crippen LogP contribution in [0.3, 0.4) is 0 Å². The van der Waals surface area contributed by atoms with Crippen LogP contribution in [-0.4, -0.2) is 30.9 Å². The predicted molar refractivity (Wildman–Crippen MR) is 66.2 cm³/mol. The number of hydrogen-bond donors (Lipinski definition) is 2. The molecule has 0 radical (unpaired) electrons. The lowest BCUT2D eigenvalue weighted by Crippen LogP contribution is -2.33. The van der Waals surface area contributed by atoms with E-state index in [0.717, 1.165) is 12.8 Å². The molecular formula is C11H16N2O3S. The molecule has 17 heavy (non-hydrogen) atoms. The molecule has 0 bridgehead atoms. The number of phenolic OH excluding ortho intramolecular Hbond substituents is 1. The van der Waals surface area contributed by atoms with Gasteiger partial charge in [0.15, 0.2) is 0 Å². The maximum atomic E-state index is 12.0. The molecule has 94 valence electrons. The van der Waals surface area contributed by atoms with Crippen molar-refractivity contribution < 1.29 is 13.5 Å². The number of anilines is 1. The van der Waals surface area contributed by atoms with E-state index in [9.17, 15) is 13.5 Å². The lowest BCUT2D eigenvalue weighted by Gasteiger charge is -2.18. The highest BCUT2D eigenvalue weighted by atomic mass is 32.2. The van der Waals surface area contributed by atoms with Crippen molar-refractivity contribution in [3.8, 4) is 5.75 Å². The lowest BCUT2D eigenvalue weighted by molar-refractivity contribution is 0.474. The topological polar surface area (TPSA) is 69.6 Å². The van der Waals surface area contributed by atoms with Crippen molar-refractivity contribution in [3.63, 3.8) is 0 Å². The second-order valence-corrected chi connectivity index (χ2v) is 5.88. The van der Waals surface area contributed by atoms with Crippen LogP contribution in [0.4, 0.5) is 5.69 Å². The average molecular weight is 256 g/mol. The van der Waals surface area contributed by atoms with Crippen LogP contribution in [0.5, 0.6) is 5.75 Å². The Balaban J connectivity index is 2.19. The quantitative estimate of drug-likeness (QED) is 0.804. The van der Waals surface area contributed by atoms with E-state index in [0.29, 0.717) is 24.3 Å². The minimum absolute atomic E-state index is 0.131. The summed E-state index contributed by atoms with van der Waals surface area (Å²) < 4.78 is 28.0. The van der Waals surface area contributed by atoms with Crippen molar-refractivity contribution in [3.05, 3.63) is 23.8 Å². The molecule has 1 saturated heterocycles. The molecule has 0 saturated carbocycles. The van der Waals surface area contributed by atoms with Crippen LogP contribution in [0, 0.1) is 6.92 Å². The van der Waals surface area contributed by atoms with Gasteiger partial charge >= 0.3 is 10.2 Å². The molecule has 1 aromatic rings. The number of aryl methyl sites for hydroxylation is 1. The van der Waals surface area contributed by atoms with Crippen LogP contribution < -0.4 is 4.72 Å². The van der Waals surface area contributed by atoms with Crippen LogP contribution >= 0.6 is 0 Å². The molecule has 0 aliphatic carbocycles. The van der Waals surface area contributed by atoms with E-state index in [-0.39, 0.29) is 5.75 Å². The van der Waals surface area contributed by atoms with Crippen molar-refractivity contribution in [1.82, 2.24) is 4.31 Å². The highest BCUT2D eigenvalue weighted by molar-refractivity contribution is 7.90. The zero-order valence-corrected chi connectivity index (χ0v) is 10.5. The number of nitrogens with one attached hydrogen (secondary N) is 1. The molecule has 1 aromatic carbocycles. The number of benzene rings is 1. The maximum Gasteiger partial charge on any atom is 0.301 e. The summed E-state index contributed by atoms with van der Waals surface area (Å²) in [6.07, 6.45) is 1.82.